The molecule has 0 rings (SSSR count). The van der Waals surface area contributed by atoms with E-state index in [9.17, 15) is 9.90 Å². The predicted octanol–water partition coefficient (Wildman–Crippen LogP) is 7.34. The minimum Gasteiger partial charge on any atom is -0.463 e. The first-order valence-corrected chi connectivity index (χ1v) is 12.0. The van der Waals surface area contributed by atoms with Crippen molar-refractivity contribution >= 4 is 5.97 Å². The standard InChI is InChI=1S/C24H48O3/c1-3-5-7-8-9-10-11-12-13-14-15-16-17-18-19-21-24(26)27-22-23(25)20-6-4-2/h23,25H,3-22H2,1-2H3. The van der Waals surface area contributed by atoms with Gasteiger partial charge in [0.15, 0.2) is 0 Å². The number of ether oxygens (including phenoxy) is 1. The molecule has 1 N–H and O–H groups in total. The van der Waals surface area contributed by atoms with Crippen LogP contribution in [0.25, 0.3) is 0 Å². The molecule has 3 nitrogen and oxygen atoms in total. The Bertz CT molecular complexity index is 304. The Hall–Kier alpha value is -0.570. The summed E-state index contributed by atoms with van der Waals surface area (Å²) in [6, 6.07) is 0. The summed E-state index contributed by atoms with van der Waals surface area (Å²) in [6.45, 7) is 4.53. The van der Waals surface area contributed by atoms with Crippen molar-refractivity contribution in [2.24, 2.45) is 0 Å². The van der Waals surface area contributed by atoms with Crippen molar-refractivity contribution in [3.63, 3.8) is 0 Å². The molecule has 0 aliphatic rings. The van der Waals surface area contributed by atoms with E-state index in [4.69, 9.17) is 4.74 Å². The van der Waals surface area contributed by atoms with Crippen LogP contribution in [0.3, 0.4) is 0 Å². The van der Waals surface area contributed by atoms with Crippen LogP contribution < -0.4 is 0 Å². The fraction of sp³-hybridized carbons (Fsp3) is 0.958. The third-order valence-corrected chi connectivity index (χ3v) is 5.31. The van der Waals surface area contributed by atoms with E-state index in [0.717, 1.165) is 32.1 Å². The van der Waals surface area contributed by atoms with Gasteiger partial charge in [0, 0.05) is 6.42 Å². The molecule has 0 saturated heterocycles. The first-order chi connectivity index (χ1) is 13.2. The summed E-state index contributed by atoms with van der Waals surface area (Å²) in [7, 11) is 0. The van der Waals surface area contributed by atoms with Gasteiger partial charge in [-0.1, -0.05) is 117 Å². The van der Waals surface area contributed by atoms with Crippen molar-refractivity contribution in [1.82, 2.24) is 0 Å². The van der Waals surface area contributed by atoms with Crippen molar-refractivity contribution in [1.29, 1.82) is 0 Å². The van der Waals surface area contributed by atoms with Gasteiger partial charge in [0.2, 0.25) is 0 Å². The van der Waals surface area contributed by atoms with Gasteiger partial charge in [-0.3, -0.25) is 4.79 Å². The second-order valence-electron chi connectivity index (χ2n) is 8.18. The summed E-state index contributed by atoms with van der Waals surface area (Å²) in [4.78, 5) is 11.6. The van der Waals surface area contributed by atoms with Gasteiger partial charge in [0.05, 0.1) is 6.10 Å². The van der Waals surface area contributed by atoms with Crippen LogP contribution in [0.2, 0.25) is 0 Å². The first kappa shape index (κ1) is 26.4. The van der Waals surface area contributed by atoms with Crippen LogP contribution in [0.15, 0.2) is 0 Å². The number of rotatable bonds is 21. The molecule has 1 unspecified atom stereocenters. The highest BCUT2D eigenvalue weighted by atomic mass is 16.5. The van der Waals surface area contributed by atoms with Crippen molar-refractivity contribution in [2.75, 3.05) is 6.61 Å². The first-order valence-electron chi connectivity index (χ1n) is 12.0. The quantitative estimate of drug-likeness (QED) is 0.166. The minimum absolute atomic E-state index is 0.153. The number of hydrogen-bond acceptors (Lipinski definition) is 3. The largest absolute Gasteiger partial charge is 0.463 e. The van der Waals surface area contributed by atoms with Gasteiger partial charge in [0.1, 0.15) is 6.61 Å². The lowest BCUT2D eigenvalue weighted by atomic mass is 10.0. The van der Waals surface area contributed by atoms with E-state index in [2.05, 4.69) is 13.8 Å². The Labute approximate surface area is 169 Å². The lowest BCUT2D eigenvalue weighted by molar-refractivity contribution is -0.146. The monoisotopic (exact) mass is 384 g/mol. The Morgan fingerprint density at radius 3 is 1.52 bits per heavy atom. The Morgan fingerprint density at radius 1 is 0.667 bits per heavy atom. The van der Waals surface area contributed by atoms with E-state index < -0.39 is 6.10 Å². The number of aliphatic hydroxyl groups excluding tert-OH is 1. The number of unbranched alkanes of at least 4 members (excludes halogenated alkanes) is 15. The van der Waals surface area contributed by atoms with Gasteiger partial charge >= 0.3 is 5.97 Å². The molecule has 0 amide bonds. The van der Waals surface area contributed by atoms with Crippen LogP contribution in [0.1, 0.15) is 136 Å². The van der Waals surface area contributed by atoms with Gasteiger partial charge < -0.3 is 9.84 Å². The molecule has 3 heteroatoms. The van der Waals surface area contributed by atoms with Crippen molar-refractivity contribution in [3.8, 4) is 0 Å². The fourth-order valence-electron chi connectivity index (χ4n) is 3.43. The molecular weight excluding hydrogens is 336 g/mol. The number of carbonyl (C=O) groups excluding carboxylic acids is 1. The highest BCUT2D eigenvalue weighted by molar-refractivity contribution is 5.69. The fourth-order valence-corrected chi connectivity index (χ4v) is 3.43. The zero-order valence-corrected chi connectivity index (χ0v) is 18.5. The van der Waals surface area contributed by atoms with E-state index in [1.165, 1.54) is 83.5 Å². The van der Waals surface area contributed by atoms with Crippen LogP contribution in [0.5, 0.6) is 0 Å². The molecule has 0 bridgehead atoms. The van der Waals surface area contributed by atoms with E-state index in [-0.39, 0.29) is 12.6 Å². The maximum atomic E-state index is 11.6. The van der Waals surface area contributed by atoms with Crippen molar-refractivity contribution < 1.29 is 14.6 Å². The lowest BCUT2D eigenvalue weighted by Crippen LogP contribution is -2.18. The molecule has 0 aliphatic carbocycles. The molecule has 0 aromatic rings. The zero-order valence-electron chi connectivity index (χ0n) is 18.5. The lowest BCUT2D eigenvalue weighted by Gasteiger charge is -2.10. The van der Waals surface area contributed by atoms with Crippen molar-refractivity contribution in [3.05, 3.63) is 0 Å². The SMILES string of the molecule is CCCCCCCCCCCCCCCCCC(=O)OCC(O)CCCC. The van der Waals surface area contributed by atoms with E-state index in [1.54, 1.807) is 0 Å². The number of carbonyl (C=O) groups is 1. The average Bonchev–Trinajstić information content (AvgIpc) is 2.67. The number of aliphatic hydroxyl groups is 1. The topological polar surface area (TPSA) is 46.5 Å². The second-order valence-corrected chi connectivity index (χ2v) is 8.18. The third-order valence-electron chi connectivity index (χ3n) is 5.31. The minimum atomic E-state index is -0.491. The van der Waals surface area contributed by atoms with Crippen LogP contribution in [-0.4, -0.2) is 23.8 Å². The molecule has 0 saturated carbocycles. The summed E-state index contributed by atoms with van der Waals surface area (Å²) in [6.07, 6.45) is 22.7. The highest BCUT2D eigenvalue weighted by Gasteiger charge is 2.08. The van der Waals surface area contributed by atoms with Crippen LogP contribution >= 0.6 is 0 Å². The smallest absolute Gasteiger partial charge is 0.305 e. The van der Waals surface area contributed by atoms with Crippen LogP contribution in [-0.2, 0) is 9.53 Å². The Balaban J connectivity index is 3.19. The Kier molecular flexibility index (Phi) is 21.3. The molecule has 0 aromatic heterocycles. The van der Waals surface area contributed by atoms with Gasteiger partial charge in [-0.05, 0) is 12.8 Å². The van der Waals surface area contributed by atoms with Gasteiger partial charge in [-0.25, -0.2) is 0 Å². The van der Waals surface area contributed by atoms with Gasteiger partial charge in [0.25, 0.3) is 0 Å². The van der Waals surface area contributed by atoms with Crippen molar-refractivity contribution in [2.45, 2.75) is 142 Å². The molecule has 0 spiro atoms. The molecule has 0 radical (unpaired) electrons. The normalized spacial score (nSPS) is 12.3. The molecular formula is C24H48O3. The third kappa shape index (κ3) is 21.6. The average molecular weight is 385 g/mol. The van der Waals surface area contributed by atoms with Crippen LogP contribution in [0.4, 0.5) is 0 Å². The molecule has 27 heavy (non-hydrogen) atoms. The second kappa shape index (κ2) is 21.7. The molecule has 0 aromatic carbocycles. The number of hydrogen-bond donors (Lipinski definition) is 1. The summed E-state index contributed by atoms with van der Waals surface area (Å²) in [5, 5.41) is 9.66. The van der Waals surface area contributed by atoms with E-state index in [1.807, 2.05) is 0 Å². The maximum Gasteiger partial charge on any atom is 0.305 e. The molecule has 162 valence electrons. The molecule has 1 atom stereocenters. The van der Waals surface area contributed by atoms with E-state index >= 15 is 0 Å². The number of esters is 1. The van der Waals surface area contributed by atoms with Gasteiger partial charge in [-0.2, -0.15) is 0 Å². The van der Waals surface area contributed by atoms with Gasteiger partial charge in [-0.15, -0.1) is 0 Å². The molecule has 0 aliphatic heterocycles. The predicted molar refractivity (Wildman–Crippen MR) is 116 cm³/mol. The Morgan fingerprint density at radius 2 is 1.07 bits per heavy atom. The summed E-state index contributed by atoms with van der Waals surface area (Å²) < 4.78 is 5.13. The molecule has 0 heterocycles. The summed E-state index contributed by atoms with van der Waals surface area (Å²) in [5.74, 6) is -0.153. The highest BCUT2D eigenvalue weighted by Crippen LogP contribution is 2.14. The van der Waals surface area contributed by atoms with Crippen LogP contribution in [0, 0.1) is 0 Å². The summed E-state index contributed by atoms with van der Waals surface area (Å²) >= 11 is 0. The molecule has 0 fully saturated rings. The summed E-state index contributed by atoms with van der Waals surface area (Å²) in [5.41, 5.74) is 0. The zero-order chi connectivity index (χ0) is 20.0. The maximum absolute atomic E-state index is 11.6. The van der Waals surface area contributed by atoms with E-state index in [0.29, 0.717) is 6.42 Å².